The molecule has 3 rings (SSSR count). The highest BCUT2D eigenvalue weighted by atomic mass is 16.7. The van der Waals surface area contributed by atoms with Gasteiger partial charge >= 0.3 is 0 Å². The van der Waals surface area contributed by atoms with E-state index in [1.54, 1.807) is 0 Å². The lowest BCUT2D eigenvalue weighted by atomic mass is 9.83. The molecule has 0 spiro atoms. The van der Waals surface area contributed by atoms with Crippen LogP contribution in [0.15, 0.2) is 0 Å². The second kappa shape index (κ2) is 17.1. The second-order valence-corrected chi connectivity index (χ2v) is 11.4. The highest BCUT2D eigenvalue weighted by Gasteiger charge is 2.52. The highest BCUT2D eigenvalue weighted by Crippen LogP contribution is 2.32. The molecule has 3 fully saturated rings. The molecule has 0 aromatic rings. The van der Waals surface area contributed by atoms with Gasteiger partial charge in [0.15, 0.2) is 12.6 Å². The van der Waals surface area contributed by atoms with E-state index >= 15 is 0 Å². The molecule has 2 heterocycles. The largest absolute Gasteiger partial charge is 0.396 e. The zero-order valence-electron chi connectivity index (χ0n) is 24.2. The zero-order valence-corrected chi connectivity index (χ0v) is 24.2. The molecule has 0 radical (unpaired) electrons. The summed E-state index contributed by atoms with van der Waals surface area (Å²) >= 11 is 0. The van der Waals surface area contributed by atoms with Gasteiger partial charge in [0, 0.05) is 19.2 Å². The number of rotatable bonds is 14. The van der Waals surface area contributed by atoms with Crippen LogP contribution in [0, 0.1) is 0 Å². The standard InChI is InChI=1S/C25H49N5O14/c26-3-2-11(33)23(40)30-10-6-9(27)21(20(39)22(10)44-24-17(36)14(28)15(34)13(8-32)42-24)43-25-19(38)18(37)16(35)12(41-25)7-29-4-1-5-31/h9-22,24-25,29,31-39H,1-8,26-28H2,(H,30,40)/t9-,10+,11-,12+,13+,14-,15+,16+,17+,18-,19+,20-,21+,22-,24+,25+/m0/s1. The van der Waals surface area contributed by atoms with Crippen molar-refractivity contribution < 1.29 is 69.7 Å². The topological polar surface area (TPSA) is 338 Å². The van der Waals surface area contributed by atoms with E-state index in [4.69, 9.17) is 41.3 Å². The van der Waals surface area contributed by atoms with Crippen LogP contribution >= 0.6 is 0 Å². The van der Waals surface area contributed by atoms with Crippen LogP contribution in [0.5, 0.6) is 0 Å². The van der Waals surface area contributed by atoms with Gasteiger partial charge in [-0.05, 0) is 32.4 Å². The summed E-state index contributed by atoms with van der Waals surface area (Å²) in [5, 5.41) is 97.9. The van der Waals surface area contributed by atoms with Crippen LogP contribution in [0.4, 0.5) is 0 Å². The van der Waals surface area contributed by atoms with E-state index in [0.717, 1.165) is 0 Å². The van der Waals surface area contributed by atoms with Crippen molar-refractivity contribution in [2.75, 3.05) is 32.8 Å². The summed E-state index contributed by atoms with van der Waals surface area (Å²) in [5.41, 5.74) is 17.6. The molecule has 1 amide bonds. The van der Waals surface area contributed by atoms with Crippen LogP contribution in [0.3, 0.4) is 0 Å². The molecule has 3 aliphatic rings. The third-order valence-electron chi connectivity index (χ3n) is 8.13. The smallest absolute Gasteiger partial charge is 0.249 e. The fraction of sp³-hybridized carbons (Fsp3) is 0.960. The van der Waals surface area contributed by atoms with E-state index in [2.05, 4.69) is 10.6 Å². The Morgan fingerprint density at radius 3 is 2.14 bits per heavy atom. The zero-order chi connectivity index (χ0) is 32.7. The second-order valence-electron chi connectivity index (χ2n) is 11.4. The van der Waals surface area contributed by atoms with Crippen LogP contribution in [0.25, 0.3) is 0 Å². The maximum absolute atomic E-state index is 12.7. The number of carbonyl (C=O) groups is 1. The average Bonchev–Trinajstić information content (AvgIpc) is 2.99. The van der Waals surface area contributed by atoms with E-state index in [1.807, 2.05) is 0 Å². The number of carbonyl (C=O) groups excluding carboxylic acids is 1. The van der Waals surface area contributed by atoms with Crippen molar-refractivity contribution in [2.24, 2.45) is 17.2 Å². The van der Waals surface area contributed by atoms with Gasteiger partial charge in [0.1, 0.15) is 67.1 Å². The van der Waals surface area contributed by atoms with E-state index in [1.165, 1.54) is 0 Å². The monoisotopic (exact) mass is 643 g/mol. The number of aliphatic hydroxyl groups excluding tert-OH is 9. The van der Waals surface area contributed by atoms with Gasteiger partial charge in [0.25, 0.3) is 0 Å². The summed E-state index contributed by atoms with van der Waals surface area (Å²) in [7, 11) is 0. The van der Waals surface area contributed by atoms with Crippen molar-refractivity contribution in [1.82, 2.24) is 10.6 Å². The molecule has 1 saturated carbocycles. The van der Waals surface area contributed by atoms with Gasteiger partial charge in [0.05, 0.1) is 18.7 Å². The molecule has 19 heteroatoms. The lowest BCUT2D eigenvalue weighted by molar-refractivity contribution is -0.333. The normalized spacial score (nSPS) is 43.9. The molecule has 2 aliphatic heterocycles. The minimum atomic E-state index is -1.77. The molecule has 19 nitrogen and oxygen atoms in total. The number of hydrogen-bond acceptors (Lipinski definition) is 18. The van der Waals surface area contributed by atoms with Gasteiger partial charge in [-0.25, -0.2) is 0 Å². The minimum absolute atomic E-state index is 0.00428. The molecule has 44 heavy (non-hydrogen) atoms. The summed E-state index contributed by atoms with van der Waals surface area (Å²) in [6.07, 6.45) is -19.5. The lowest BCUT2D eigenvalue weighted by Crippen LogP contribution is -2.69. The highest BCUT2D eigenvalue weighted by molar-refractivity contribution is 5.80. The Kier molecular flexibility index (Phi) is 14.5. The van der Waals surface area contributed by atoms with E-state index in [-0.39, 0.29) is 32.5 Å². The fourth-order valence-corrected chi connectivity index (χ4v) is 5.49. The lowest BCUT2D eigenvalue weighted by Gasteiger charge is -2.49. The number of aliphatic hydroxyl groups is 9. The predicted molar refractivity (Wildman–Crippen MR) is 147 cm³/mol. The Bertz CT molecular complexity index is 881. The van der Waals surface area contributed by atoms with Crippen molar-refractivity contribution in [3.05, 3.63) is 0 Å². The summed E-state index contributed by atoms with van der Waals surface area (Å²) in [4.78, 5) is 12.7. The van der Waals surface area contributed by atoms with Crippen LogP contribution < -0.4 is 27.8 Å². The predicted octanol–water partition coefficient (Wildman–Crippen LogP) is -8.41. The third-order valence-corrected chi connectivity index (χ3v) is 8.13. The van der Waals surface area contributed by atoms with E-state index in [9.17, 15) is 45.6 Å². The first-order chi connectivity index (χ1) is 20.9. The number of nitrogens with two attached hydrogens (primary N) is 3. The van der Waals surface area contributed by atoms with Gasteiger partial charge in [-0.15, -0.1) is 0 Å². The Morgan fingerprint density at radius 2 is 1.50 bits per heavy atom. The molecule has 0 bridgehead atoms. The van der Waals surface area contributed by atoms with Gasteiger partial charge < -0.3 is 92.7 Å². The maximum atomic E-state index is 12.7. The quantitative estimate of drug-likeness (QED) is 0.0781. The van der Waals surface area contributed by atoms with Crippen molar-refractivity contribution in [3.8, 4) is 0 Å². The van der Waals surface area contributed by atoms with Gasteiger partial charge in [-0.1, -0.05) is 0 Å². The number of amides is 1. The van der Waals surface area contributed by atoms with Crippen molar-refractivity contribution in [1.29, 1.82) is 0 Å². The van der Waals surface area contributed by atoms with Gasteiger partial charge in [0.2, 0.25) is 5.91 Å². The van der Waals surface area contributed by atoms with Gasteiger partial charge in [-0.3, -0.25) is 4.79 Å². The summed E-state index contributed by atoms with van der Waals surface area (Å²) < 4.78 is 22.9. The molecule has 17 N–H and O–H groups in total. The Labute approximate surface area is 253 Å². The average molecular weight is 644 g/mol. The third kappa shape index (κ3) is 8.77. The van der Waals surface area contributed by atoms with E-state index < -0.39 is 110 Å². The van der Waals surface area contributed by atoms with Crippen molar-refractivity contribution >= 4 is 5.91 Å². The summed E-state index contributed by atoms with van der Waals surface area (Å²) in [5.74, 6) is -0.849. The molecule has 0 aromatic carbocycles. The van der Waals surface area contributed by atoms with Crippen molar-refractivity contribution in [2.45, 2.75) is 117 Å². The fourth-order valence-electron chi connectivity index (χ4n) is 5.49. The first-order valence-corrected chi connectivity index (χ1v) is 14.7. The Morgan fingerprint density at radius 1 is 0.864 bits per heavy atom. The molecule has 16 atom stereocenters. The van der Waals surface area contributed by atoms with E-state index in [0.29, 0.717) is 13.0 Å². The molecular formula is C25H49N5O14. The first-order valence-electron chi connectivity index (χ1n) is 14.7. The summed E-state index contributed by atoms with van der Waals surface area (Å²) in [6, 6.07) is -3.49. The Balaban J connectivity index is 1.82. The number of ether oxygens (including phenoxy) is 4. The molecule has 0 aromatic heterocycles. The molecule has 258 valence electrons. The van der Waals surface area contributed by atoms with Crippen LogP contribution in [-0.2, 0) is 23.7 Å². The van der Waals surface area contributed by atoms with Crippen molar-refractivity contribution in [3.63, 3.8) is 0 Å². The summed E-state index contributed by atoms with van der Waals surface area (Å²) in [6.45, 7) is -0.358. The molecular weight excluding hydrogens is 594 g/mol. The molecule has 2 saturated heterocycles. The van der Waals surface area contributed by atoms with Gasteiger partial charge in [-0.2, -0.15) is 0 Å². The maximum Gasteiger partial charge on any atom is 0.249 e. The number of hydrogen-bond donors (Lipinski definition) is 14. The first kappa shape index (κ1) is 37.2. The minimum Gasteiger partial charge on any atom is -0.396 e. The van der Waals surface area contributed by atoms with Crippen LogP contribution in [0.1, 0.15) is 19.3 Å². The molecule has 1 aliphatic carbocycles. The molecule has 0 unspecified atom stereocenters. The van der Waals surface area contributed by atoms with Crippen LogP contribution in [0.2, 0.25) is 0 Å². The SMILES string of the molecule is NCC[C@H](O)C(=O)N[C@@H]1C[C@H](N)[C@@H](O[C@H]2O[C@H](CNCCCO)[C@@H](O)[C@H](O)[C@H]2O)[C@H](O)[C@H]1O[C@H]1O[C@H](CO)[C@@H](O)[C@H](N)[C@H]1O. The Hall–Kier alpha value is -1.21. The van der Waals surface area contributed by atoms with Crippen LogP contribution in [-0.4, -0.2) is 183 Å². The number of nitrogens with one attached hydrogen (secondary N) is 2.